The molecule has 1 aromatic heterocycles. The number of hydrogen-bond acceptors (Lipinski definition) is 4. The summed E-state index contributed by atoms with van der Waals surface area (Å²) in [5, 5.41) is 3.07. The zero-order valence-electron chi connectivity index (χ0n) is 11.0. The van der Waals surface area contributed by atoms with Crippen LogP contribution in [0.1, 0.15) is 17.2 Å². The van der Waals surface area contributed by atoms with Crippen molar-refractivity contribution in [3.05, 3.63) is 64.1 Å². The molecule has 1 atom stereocenters. The first-order valence-electron chi connectivity index (χ1n) is 6.33. The summed E-state index contributed by atoms with van der Waals surface area (Å²) in [7, 11) is 1.87. The summed E-state index contributed by atoms with van der Waals surface area (Å²) in [6.07, 6.45) is 0. The van der Waals surface area contributed by atoms with Crippen LogP contribution >= 0.6 is 0 Å². The zero-order chi connectivity index (χ0) is 14.1. The number of aromatic amines is 1. The minimum atomic E-state index is -0.455. The molecule has 0 spiro atoms. The lowest BCUT2D eigenvalue weighted by Gasteiger charge is -2.13. The Labute approximate surface area is 115 Å². The van der Waals surface area contributed by atoms with Gasteiger partial charge in [-0.1, -0.05) is 18.2 Å². The topological polar surface area (TPSA) is 84.0 Å². The second kappa shape index (κ2) is 4.86. The van der Waals surface area contributed by atoms with E-state index in [-0.39, 0.29) is 6.04 Å². The van der Waals surface area contributed by atoms with E-state index in [1.165, 1.54) is 0 Å². The third-order valence-corrected chi connectivity index (χ3v) is 3.36. The fraction of sp³-hybridized carbons (Fsp3) is 0.133. The molecule has 5 heteroatoms. The number of hydrogen-bond donors (Lipinski definition) is 3. The first-order chi connectivity index (χ1) is 9.67. The second-order valence-corrected chi connectivity index (χ2v) is 4.62. The number of nitrogens with two attached hydrogens (primary N) is 1. The third kappa shape index (κ3) is 2.19. The van der Waals surface area contributed by atoms with Gasteiger partial charge in [-0.3, -0.25) is 4.98 Å². The smallest absolute Gasteiger partial charge is 0.408 e. The molecular weight excluding hydrogens is 254 g/mol. The Hall–Kier alpha value is -2.53. The lowest BCUT2D eigenvalue weighted by molar-refractivity contribution is 0.555. The fourth-order valence-corrected chi connectivity index (χ4v) is 2.20. The van der Waals surface area contributed by atoms with Crippen molar-refractivity contribution in [2.24, 2.45) is 5.73 Å². The van der Waals surface area contributed by atoms with E-state index < -0.39 is 5.76 Å². The van der Waals surface area contributed by atoms with Crippen LogP contribution in [0.15, 0.2) is 51.7 Å². The molecule has 0 aliphatic carbocycles. The number of aromatic nitrogens is 1. The summed E-state index contributed by atoms with van der Waals surface area (Å²) in [4.78, 5) is 13.8. The van der Waals surface area contributed by atoms with E-state index in [1.807, 2.05) is 37.4 Å². The van der Waals surface area contributed by atoms with Crippen molar-refractivity contribution in [1.82, 2.24) is 4.98 Å². The van der Waals surface area contributed by atoms with Crippen molar-refractivity contribution in [3.8, 4) is 0 Å². The predicted molar refractivity (Wildman–Crippen MR) is 78.9 cm³/mol. The van der Waals surface area contributed by atoms with Gasteiger partial charge in [-0.15, -0.1) is 0 Å². The second-order valence-electron chi connectivity index (χ2n) is 4.62. The van der Waals surface area contributed by atoms with Crippen LogP contribution in [-0.2, 0) is 0 Å². The Morgan fingerprint density at radius 1 is 1.15 bits per heavy atom. The maximum atomic E-state index is 11.2. The Balaban J connectivity index is 1.97. The van der Waals surface area contributed by atoms with Crippen LogP contribution in [0, 0.1) is 0 Å². The van der Waals surface area contributed by atoms with Crippen molar-refractivity contribution in [2.45, 2.75) is 6.04 Å². The van der Waals surface area contributed by atoms with E-state index >= 15 is 0 Å². The highest BCUT2D eigenvalue weighted by molar-refractivity contribution is 5.73. The first kappa shape index (κ1) is 12.5. The molecule has 1 unspecified atom stereocenters. The fourth-order valence-electron chi connectivity index (χ4n) is 2.20. The highest BCUT2D eigenvalue weighted by atomic mass is 16.4. The Bertz CT molecular complexity index is 787. The molecule has 0 fully saturated rings. The molecule has 0 saturated carbocycles. The van der Waals surface area contributed by atoms with Gasteiger partial charge >= 0.3 is 5.76 Å². The van der Waals surface area contributed by atoms with Crippen LogP contribution in [0.3, 0.4) is 0 Å². The standard InChI is InChI=1S/C15H15N3O2/c1-17-11-5-2-9(3-6-11)14(16)10-4-7-12-13(8-10)20-15(19)18-12/h2-8,14,17H,16H2,1H3,(H,18,19). The normalized spacial score (nSPS) is 12.5. The molecule has 0 bridgehead atoms. The zero-order valence-corrected chi connectivity index (χ0v) is 11.0. The van der Waals surface area contributed by atoms with Crippen LogP contribution in [-0.4, -0.2) is 12.0 Å². The molecule has 3 rings (SSSR count). The van der Waals surface area contributed by atoms with Gasteiger partial charge in [0.1, 0.15) is 0 Å². The molecular formula is C15H15N3O2. The van der Waals surface area contributed by atoms with E-state index in [1.54, 1.807) is 12.1 Å². The summed E-state index contributed by atoms with van der Waals surface area (Å²) >= 11 is 0. The summed E-state index contributed by atoms with van der Waals surface area (Å²) < 4.78 is 5.05. The molecule has 2 aromatic carbocycles. The van der Waals surface area contributed by atoms with Crippen LogP contribution in [0.2, 0.25) is 0 Å². The van der Waals surface area contributed by atoms with Crippen molar-refractivity contribution >= 4 is 16.8 Å². The van der Waals surface area contributed by atoms with Gasteiger partial charge < -0.3 is 15.5 Å². The highest BCUT2D eigenvalue weighted by Crippen LogP contribution is 2.23. The number of benzene rings is 2. The van der Waals surface area contributed by atoms with Gasteiger partial charge in [0.05, 0.1) is 11.6 Å². The van der Waals surface area contributed by atoms with Gasteiger partial charge in [-0.05, 0) is 35.4 Å². The Kier molecular flexibility index (Phi) is 3.04. The number of rotatable bonds is 3. The van der Waals surface area contributed by atoms with E-state index in [9.17, 15) is 4.79 Å². The van der Waals surface area contributed by atoms with Crippen LogP contribution in [0.25, 0.3) is 11.1 Å². The number of oxazole rings is 1. The highest BCUT2D eigenvalue weighted by Gasteiger charge is 2.11. The van der Waals surface area contributed by atoms with Crippen LogP contribution < -0.4 is 16.8 Å². The van der Waals surface area contributed by atoms with Crippen molar-refractivity contribution in [1.29, 1.82) is 0 Å². The third-order valence-electron chi connectivity index (χ3n) is 3.36. The molecule has 20 heavy (non-hydrogen) atoms. The van der Waals surface area contributed by atoms with Gasteiger partial charge in [0.15, 0.2) is 5.58 Å². The number of fused-ring (bicyclic) bond motifs is 1. The lowest BCUT2D eigenvalue weighted by Crippen LogP contribution is -2.11. The summed E-state index contributed by atoms with van der Waals surface area (Å²) in [5.74, 6) is -0.455. The number of nitrogens with one attached hydrogen (secondary N) is 2. The molecule has 102 valence electrons. The van der Waals surface area contributed by atoms with Gasteiger partial charge in [0.25, 0.3) is 0 Å². The van der Waals surface area contributed by atoms with Gasteiger partial charge in [0.2, 0.25) is 0 Å². The molecule has 0 aliphatic rings. The number of H-pyrrole nitrogens is 1. The Morgan fingerprint density at radius 3 is 2.55 bits per heavy atom. The van der Waals surface area contributed by atoms with E-state index in [2.05, 4.69) is 10.3 Å². The van der Waals surface area contributed by atoms with E-state index in [0.717, 1.165) is 16.8 Å². The van der Waals surface area contributed by atoms with Crippen molar-refractivity contribution in [3.63, 3.8) is 0 Å². The Morgan fingerprint density at radius 2 is 1.85 bits per heavy atom. The SMILES string of the molecule is CNc1ccc(C(N)c2ccc3[nH]c(=O)oc3c2)cc1. The molecule has 1 heterocycles. The van der Waals surface area contributed by atoms with Crippen LogP contribution in [0.4, 0.5) is 5.69 Å². The summed E-state index contributed by atoms with van der Waals surface area (Å²) in [6.45, 7) is 0. The average Bonchev–Trinajstić information content (AvgIpc) is 2.85. The monoisotopic (exact) mass is 269 g/mol. The predicted octanol–water partition coefficient (Wildman–Crippen LogP) is 2.21. The van der Waals surface area contributed by atoms with Crippen LogP contribution in [0.5, 0.6) is 0 Å². The van der Waals surface area contributed by atoms with Gasteiger partial charge in [0, 0.05) is 12.7 Å². The molecule has 0 amide bonds. The largest absolute Gasteiger partial charge is 0.417 e. The van der Waals surface area contributed by atoms with Gasteiger partial charge in [-0.2, -0.15) is 0 Å². The summed E-state index contributed by atoms with van der Waals surface area (Å²) in [5.41, 5.74) is 10.4. The maximum Gasteiger partial charge on any atom is 0.417 e. The summed E-state index contributed by atoms with van der Waals surface area (Å²) in [6, 6.07) is 13.1. The molecule has 0 saturated heterocycles. The quantitative estimate of drug-likeness (QED) is 0.680. The number of anilines is 1. The molecule has 0 aliphatic heterocycles. The maximum absolute atomic E-state index is 11.2. The molecule has 0 radical (unpaired) electrons. The molecule has 4 N–H and O–H groups in total. The van der Waals surface area contributed by atoms with Crippen molar-refractivity contribution in [2.75, 3.05) is 12.4 Å². The van der Waals surface area contributed by atoms with Crippen molar-refractivity contribution < 1.29 is 4.42 Å². The minimum Gasteiger partial charge on any atom is -0.408 e. The van der Waals surface area contributed by atoms with E-state index in [0.29, 0.717) is 11.1 Å². The van der Waals surface area contributed by atoms with Gasteiger partial charge in [-0.25, -0.2) is 4.79 Å². The lowest BCUT2D eigenvalue weighted by atomic mass is 9.99. The molecule has 3 aromatic rings. The van der Waals surface area contributed by atoms with E-state index in [4.69, 9.17) is 10.2 Å². The molecule has 5 nitrogen and oxygen atoms in total. The average molecular weight is 269 g/mol. The first-order valence-corrected chi connectivity index (χ1v) is 6.33. The minimum absolute atomic E-state index is 0.259.